The first-order valence-corrected chi connectivity index (χ1v) is 9.46. The van der Waals surface area contributed by atoms with Gasteiger partial charge in [-0.1, -0.05) is 0 Å². The lowest BCUT2D eigenvalue weighted by molar-refractivity contribution is 0.0394. The van der Waals surface area contributed by atoms with Gasteiger partial charge in [0.15, 0.2) is 15.8 Å². The maximum atomic E-state index is 11.5. The molecule has 0 aromatic rings. The second-order valence-electron chi connectivity index (χ2n) is 5.46. The summed E-state index contributed by atoms with van der Waals surface area (Å²) in [7, 11) is -2.86. The molecule has 2 saturated heterocycles. The number of ether oxygens (including phenoxy) is 1. The van der Waals surface area contributed by atoms with E-state index in [1.54, 1.807) is 0 Å². The normalized spacial score (nSPS) is 26.7. The molecule has 21 heavy (non-hydrogen) atoms. The molecule has 2 rings (SSSR count). The maximum Gasteiger partial charge on any atom is 0.191 e. The van der Waals surface area contributed by atoms with Crippen LogP contribution in [0, 0.1) is 0 Å². The molecule has 0 aromatic heterocycles. The number of aliphatic imine (C=N–C) groups is 1. The van der Waals surface area contributed by atoms with Gasteiger partial charge in [0.25, 0.3) is 0 Å². The van der Waals surface area contributed by atoms with Gasteiger partial charge in [-0.3, -0.25) is 9.89 Å². The van der Waals surface area contributed by atoms with Crippen molar-refractivity contribution in [2.45, 2.75) is 19.4 Å². The van der Waals surface area contributed by atoms with Crippen LogP contribution in [-0.4, -0.2) is 82.8 Å². The summed E-state index contributed by atoms with van der Waals surface area (Å²) >= 11 is 0. The third-order valence-electron chi connectivity index (χ3n) is 3.71. The lowest BCUT2D eigenvalue weighted by Crippen LogP contribution is -2.44. The minimum Gasteiger partial charge on any atom is -0.379 e. The minimum absolute atomic E-state index is 0.0174. The zero-order chi connectivity index (χ0) is 15.1. The quantitative estimate of drug-likeness (QED) is 0.503. The van der Waals surface area contributed by atoms with E-state index in [4.69, 9.17) is 4.74 Å². The SMILES string of the molecule is CCNC(=NCCN1CCOCC1)NC1CCS(=O)(=O)C1. The van der Waals surface area contributed by atoms with Crippen LogP contribution in [0.15, 0.2) is 4.99 Å². The largest absolute Gasteiger partial charge is 0.379 e. The van der Waals surface area contributed by atoms with Gasteiger partial charge in [-0.2, -0.15) is 0 Å². The van der Waals surface area contributed by atoms with Crippen LogP contribution in [0.3, 0.4) is 0 Å². The molecule has 0 spiro atoms. The van der Waals surface area contributed by atoms with Gasteiger partial charge < -0.3 is 15.4 Å². The van der Waals surface area contributed by atoms with Crippen molar-refractivity contribution in [2.24, 2.45) is 4.99 Å². The molecule has 2 fully saturated rings. The summed E-state index contributed by atoms with van der Waals surface area (Å²) in [6.45, 7) is 7.88. The Kier molecular flexibility index (Phi) is 6.25. The topological polar surface area (TPSA) is 83.0 Å². The second kappa shape index (κ2) is 7.95. The second-order valence-corrected chi connectivity index (χ2v) is 7.69. The fraction of sp³-hybridized carbons (Fsp3) is 0.923. The van der Waals surface area contributed by atoms with Crippen LogP contribution in [0.1, 0.15) is 13.3 Å². The Morgan fingerprint density at radius 3 is 2.76 bits per heavy atom. The molecule has 2 aliphatic heterocycles. The first-order valence-electron chi connectivity index (χ1n) is 7.64. The average Bonchev–Trinajstić information content (AvgIpc) is 2.79. The van der Waals surface area contributed by atoms with Crippen LogP contribution in [-0.2, 0) is 14.6 Å². The van der Waals surface area contributed by atoms with Gasteiger partial charge in [-0.25, -0.2) is 8.42 Å². The van der Waals surface area contributed by atoms with Crippen molar-refractivity contribution in [1.29, 1.82) is 0 Å². The molecule has 0 aliphatic carbocycles. The molecule has 1 unspecified atom stereocenters. The predicted molar refractivity (Wildman–Crippen MR) is 83.4 cm³/mol. The number of rotatable bonds is 5. The van der Waals surface area contributed by atoms with E-state index in [-0.39, 0.29) is 17.5 Å². The molecule has 2 heterocycles. The lowest BCUT2D eigenvalue weighted by Gasteiger charge is -2.26. The van der Waals surface area contributed by atoms with Crippen molar-refractivity contribution in [3.8, 4) is 0 Å². The molecule has 0 radical (unpaired) electrons. The van der Waals surface area contributed by atoms with Crippen LogP contribution >= 0.6 is 0 Å². The highest BCUT2D eigenvalue weighted by molar-refractivity contribution is 7.91. The molecule has 0 amide bonds. The fourth-order valence-corrected chi connectivity index (χ4v) is 4.22. The van der Waals surface area contributed by atoms with Crippen LogP contribution < -0.4 is 10.6 Å². The van der Waals surface area contributed by atoms with E-state index in [0.29, 0.717) is 18.9 Å². The lowest BCUT2D eigenvalue weighted by atomic mass is 10.3. The van der Waals surface area contributed by atoms with Crippen LogP contribution in [0.25, 0.3) is 0 Å². The van der Waals surface area contributed by atoms with Crippen LogP contribution in [0.5, 0.6) is 0 Å². The number of nitrogens with one attached hydrogen (secondary N) is 2. The summed E-state index contributed by atoms with van der Waals surface area (Å²) in [5.41, 5.74) is 0. The Labute approximate surface area is 127 Å². The van der Waals surface area contributed by atoms with Crippen molar-refractivity contribution >= 4 is 15.8 Å². The number of sulfone groups is 1. The molecule has 2 aliphatic rings. The van der Waals surface area contributed by atoms with Gasteiger partial charge in [0.05, 0.1) is 31.3 Å². The van der Waals surface area contributed by atoms with Gasteiger partial charge >= 0.3 is 0 Å². The molecular formula is C13H26N4O3S. The third-order valence-corrected chi connectivity index (χ3v) is 5.48. The molecule has 0 saturated carbocycles. The zero-order valence-corrected chi connectivity index (χ0v) is 13.5. The van der Waals surface area contributed by atoms with Crippen LogP contribution in [0.4, 0.5) is 0 Å². The first-order chi connectivity index (χ1) is 10.1. The van der Waals surface area contributed by atoms with E-state index in [9.17, 15) is 8.42 Å². The molecule has 1 atom stereocenters. The highest BCUT2D eigenvalue weighted by atomic mass is 32.2. The van der Waals surface area contributed by atoms with E-state index in [2.05, 4.69) is 20.5 Å². The van der Waals surface area contributed by atoms with E-state index >= 15 is 0 Å². The number of morpholine rings is 1. The summed E-state index contributed by atoms with van der Waals surface area (Å²) in [5.74, 6) is 1.20. The Morgan fingerprint density at radius 2 is 2.14 bits per heavy atom. The number of hydrogen-bond donors (Lipinski definition) is 2. The van der Waals surface area contributed by atoms with Crippen molar-refractivity contribution in [3.05, 3.63) is 0 Å². The summed E-state index contributed by atoms with van der Waals surface area (Å²) in [5, 5.41) is 6.40. The third kappa shape index (κ3) is 5.80. The molecular weight excluding hydrogens is 292 g/mol. The Hall–Kier alpha value is -0.860. The fourth-order valence-electron chi connectivity index (χ4n) is 2.55. The molecule has 8 heteroatoms. The Morgan fingerprint density at radius 1 is 1.38 bits per heavy atom. The molecule has 7 nitrogen and oxygen atoms in total. The molecule has 0 bridgehead atoms. The maximum absolute atomic E-state index is 11.5. The summed E-state index contributed by atoms with van der Waals surface area (Å²) < 4.78 is 28.3. The molecule has 2 N–H and O–H groups in total. The van der Waals surface area contributed by atoms with E-state index < -0.39 is 9.84 Å². The van der Waals surface area contributed by atoms with Gasteiger partial charge in [0.2, 0.25) is 0 Å². The van der Waals surface area contributed by atoms with Crippen molar-refractivity contribution < 1.29 is 13.2 Å². The summed E-state index contributed by atoms with van der Waals surface area (Å²) in [6.07, 6.45) is 0.663. The standard InChI is InChI=1S/C13H26N4O3S/c1-2-14-13(16-12-3-10-21(18,19)11-12)15-4-5-17-6-8-20-9-7-17/h12H,2-11H2,1H3,(H2,14,15,16). The predicted octanol–water partition coefficient (Wildman–Crippen LogP) is -0.939. The number of guanidine groups is 1. The zero-order valence-electron chi connectivity index (χ0n) is 12.7. The van der Waals surface area contributed by atoms with Crippen molar-refractivity contribution in [2.75, 3.05) is 57.4 Å². The van der Waals surface area contributed by atoms with Crippen molar-refractivity contribution in [3.63, 3.8) is 0 Å². The average molecular weight is 318 g/mol. The highest BCUT2D eigenvalue weighted by Gasteiger charge is 2.28. The number of hydrogen-bond acceptors (Lipinski definition) is 5. The van der Waals surface area contributed by atoms with Crippen molar-refractivity contribution in [1.82, 2.24) is 15.5 Å². The van der Waals surface area contributed by atoms with E-state index in [1.165, 1.54) is 0 Å². The highest BCUT2D eigenvalue weighted by Crippen LogP contribution is 2.10. The smallest absolute Gasteiger partial charge is 0.191 e. The van der Waals surface area contributed by atoms with Crippen LogP contribution in [0.2, 0.25) is 0 Å². The van der Waals surface area contributed by atoms with Gasteiger partial charge in [-0.05, 0) is 13.3 Å². The minimum atomic E-state index is -2.86. The number of nitrogens with zero attached hydrogens (tertiary/aromatic N) is 2. The molecule has 122 valence electrons. The summed E-state index contributed by atoms with van der Waals surface area (Å²) in [6, 6.07) is -0.0174. The molecule has 0 aromatic carbocycles. The monoisotopic (exact) mass is 318 g/mol. The van der Waals surface area contributed by atoms with E-state index in [0.717, 1.165) is 39.4 Å². The van der Waals surface area contributed by atoms with Gasteiger partial charge in [0.1, 0.15) is 0 Å². The van der Waals surface area contributed by atoms with Gasteiger partial charge in [-0.15, -0.1) is 0 Å². The summed E-state index contributed by atoms with van der Waals surface area (Å²) in [4.78, 5) is 6.87. The Balaban J connectivity index is 1.78. The van der Waals surface area contributed by atoms with E-state index in [1.807, 2.05) is 6.92 Å². The van der Waals surface area contributed by atoms with Gasteiger partial charge in [0, 0.05) is 32.2 Å². The first kappa shape index (κ1) is 16.5. The Bertz CT molecular complexity index is 446.